The summed E-state index contributed by atoms with van der Waals surface area (Å²) in [5.74, 6) is -1.19. The molecule has 0 bridgehead atoms. The highest BCUT2D eigenvalue weighted by atomic mass is 35.5. The Kier molecular flexibility index (Phi) is 3.87. The first-order valence-electron chi connectivity index (χ1n) is 6.05. The van der Waals surface area contributed by atoms with Crippen LogP contribution in [0.25, 0.3) is 0 Å². The largest absolute Gasteiger partial charge is 0.478 e. The van der Waals surface area contributed by atoms with Gasteiger partial charge < -0.3 is 14.6 Å². The van der Waals surface area contributed by atoms with Crippen LogP contribution in [0.15, 0.2) is 16.7 Å². The summed E-state index contributed by atoms with van der Waals surface area (Å²) >= 11 is 6.15. The monoisotopic (exact) mass is 298 g/mol. The number of carbonyl (C=O) groups is 1. The van der Waals surface area contributed by atoms with Crippen molar-refractivity contribution >= 4 is 17.6 Å². The SMILES string of the molecule is CC(C)c1nn(C)c(Cl)c1C(O)c1occc1C(=O)O. The summed E-state index contributed by atoms with van der Waals surface area (Å²) < 4.78 is 6.56. The zero-order valence-corrected chi connectivity index (χ0v) is 12.0. The highest BCUT2D eigenvalue weighted by molar-refractivity contribution is 6.30. The van der Waals surface area contributed by atoms with Crippen LogP contribution in [0.4, 0.5) is 0 Å². The molecule has 6 nitrogen and oxygen atoms in total. The molecule has 0 saturated heterocycles. The Hall–Kier alpha value is -1.79. The predicted octanol–water partition coefficient (Wildman–Crippen LogP) is 2.57. The lowest BCUT2D eigenvalue weighted by atomic mass is 9.99. The molecule has 0 aromatic carbocycles. The van der Waals surface area contributed by atoms with Crippen molar-refractivity contribution in [1.82, 2.24) is 9.78 Å². The number of halogens is 1. The van der Waals surface area contributed by atoms with E-state index < -0.39 is 12.1 Å². The number of aliphatic hydroxyl groups is 1. The molecule has 1 unspecified atom stereocenters. The van der Waals surface area contributed by atoms with Crippen LogP contribution < -0.4 is 0 Å². The third kappa shape index (κ3) is 2.32. The lowest BCUT2D eigenvalue weighted by Crippen LogP contribution is -2.08. The number of aliphatic hydroxyl groups excluding tert-OH is 1. The normalized spacial score (nSPS) is 12.9. The second kappa shape index (κ2) is 5.30. The number of furan rings is 1. The van der Waals surface area contributed by atoms with Crippen molar-refractivity contribution in [2.75, 3.05) is 0 Å². The molecule has 0 fully saturated rings. The molecule has 2 N–H and O–H groups in total. The van der Waals surface area contributed by atoms with Crippen molar-refractivity contribution in [1.29, 1.82) is 0 Å². The number of hydrogen-bond acceptors (Lipinski definition) is 4. The minimum absolute atomic E-state index is 0.0293. The van der Waals surface area contributed by atoms with Crippen molar-refractivity contribution in [2.45, 2.75) is 25.9 Å². The Morgan fingerprint density at radius 2 is 2.15 bits per heavy atom. The second-order valence-corrected chi connectivity index (χ2v) is 5.13. The summed E-state index contributed by atoms with van der Waals surface area (Å²) in [5.41, 5.74) is 0.895. The third-order valence-electron chi connectivity index (χ3n) is 3.03. The molecule has 0 aliphatic heterocycles. The fourth-order valence-corrected chi connectivity index (χ4v) is 2.30. The minimum Gasteiger partial charge on any atom is -0.478 e. The molecule has 0 spiro atoms. The molecular weight excluding hydrogens is 284 g/mol. The van der Waals surface area contributed by atoms with E-state index in [2.05, 4.69) is 5.10 Å². The first-order valence-corrected chi connectivity index (χ1v) is 6.43. The summed E-state index contributed by atoms with van der Waals surface area (Å²) in [4.78, 5) is 11.1. The quantitative estimate of drug-likeness (QED) is 0.905. The molecule has 0 saturated carbocycles. The van der Waals surface area contributed by atoms with E-state index in [1.807, 2.05) is 13.8 Å². The lowest BCUT2D eigenvalue weighted by Gasteiger charge is -2.12. The molecule has 0 aliphatic rings. The Labute approximate surface area is 120 Å². The third-order valence-corrected chi connectivity index (χ3v) is 3.48. The number of carboxylic acids is 1. The standard InChI is InChI=1S/C13H15ClN2O4/c1-6(2)9-8(12(14)16(3)15-9)10(17)11-7(13(18)19)4-5-20-11/h4-6,10,17H,1-3H3,(H,18,19). The van der Waals surface area contributed by atoms with E-state index in [4.69, 9.17) is 21.1 Å². The van der Waals surface area contributed by atoms with Crippen LogP contribution in [0.3, 0.4) is 0 Å². The highest BCUT2D eigenvalue weighted by Gasteiger charge is 2.29. The van der Waals surface area contributed by atoms with Gasteiger partial charge in [0.15, 0.2) is 5.76 Å². The summed E-state index contributed by atoms with van der Waals surface area (Å²) in [5, 5.41) is 24.0. The van der Waals surface area contributed by atoms with Crippen LogP contribution in [0.1, 0.15) is 53.2 Å². The number of aromatic carboxylic acids is 1. The smallest absolute Gasteiger partial charge is 0.339 e. The number of aromatic nitrogens is 2. The topological polar surface area (TPSA) is 88.5 Å². The van der Waals surface area contributed by atoms with Crippen molar-refractivity contribution in [3.8, 4) is 0 Å². The first-order chi connectivity index (χ1) is 9.34. The van der Waals surface area contributed by atoms with Gasteiger partial charge in [-0.05, 0) is 12.0 Å². The summed E-state index contributed by atoms with van der Waals surface area (Å²) in [7, 11) is 1.66. The van der Waals surface area contributed by atoms with Crippen molar-refractivity contribution < 1.29 is 19.4 Å². The number of hydrogen-bond donors (Lipinski definition) is 2. The molecule has 1 atom stereocenters. The number of aryl methyl sites for hydroxylation is 1. The van der Waals surface area contributed by atoms with E-state index in [-0.39, 0.29) is 22.4 Å². The zero-order chi connectivity index (χ0) is 15.0. The number of rotatable bonds is 4. The minimum atomic E-state index is -1.27. The van der Waals surface area contributed by atoms with Gasteiger partial charge in [-0.15, -0.1) is 0 Å². The molecule has 0 aliphatic carbocycles. The molecule has 2 rings (SSSR count). The first kappa shape index (κ1) is 14.6. The summed E-state index contributed by atoms with van der Waals surface area (Å²) in [6.07, 6.45) is -0.0453. The van der Waals surface area contributed by atoms with E-state index in [1.165, 1.54) is 17.0 Å². The molecular formula is C13H15ClN2O4. The Balaban J connectivity index is 2.56. The van der Waals surface area contributed by atoms with Gasteiger partial charge in [0.2, 0.25) is 0 Å². The fraction of sp³-hybridized carbons (Fsp3) is 0.385. The molecule has 2 heterocycles. The van der Waals surface area contributed by atoms with Crippen molar-refractivity contribution in [3.63, 3.8) is 0 Å². The average molecular weight is 299 g/mol. The van der Waals surface area contributed by atoms with Crippen LogP contribution in [-0.2, 0) is 7.05 Å². The van der Waals surface area contributed by atoms with E-state index >= 15 is 0 Å². The van der Waals surface area contributed by atoms with Gasteiger partial charge in [0, 0.05) is 12.6 Å². The van der Waals surface area contributed by atoms with Crippen LogP contribution in [-0.4, -0.2) is 26.0 Å². The Morgan fingerprint density at radius 1 is 1.50 bits per heavy atom. The van der Waals surface area contributed by atoms with Gasteiger partial charge in [0.25, 0.3) is 0 Å². The van der Waals surface area contributed by atoms with Gasteiger partial charge in [0.1, 0.15) is 16.8 Å². The lowest BCUT2D eigenvalue weighted by molar-refractivity contribution is 0.0687. The van der Waals surface area contributed by atoms with Gasteiger partial charge in [-0.2, -0.15) is 5.10 Å². The van der Waals surface area contributed by atoms with E-state index in [9.17, 15) is 9.90 Å². The Morgan fingerprint density at radius 3 is 2.70 bits per heavy atom. The Bertz CT molecular complexity index is 645. The van der Waals surface area contributed by atoms with E-state index in [0.29, 0.717) is 11.3 Å². The van der Waals surface area contributed by atoms with Gasteiger partial charge in [0.05, 0.1) is 12.0 Å². The van der Waals surface area contributed by atoms with Crippen molar-refractivity contribution in [2.24, 2.45) is 7.05 Å². The van der Waals surface area contributed by atoms with Crippen LogP contribution in [0, 0.1) is 0 Å². The molecule has 0 radical (unpaired) electrons. The van der Waals surface area contributed by atoms with Crippen LogP contribution in [0.5, 0.6) is 0 Å². The van der Waals surface area contributed by atoms with Gasteiger partial charge in [-0.3, -0.25) is 4.68 Å². The maximum Gasteiger partial charge on any atom is 0.339 e. The maximum atomic E-state index is 11.1. The molecule has 108 valence electrons. The molecule has 2 aromatic rings. The van der Waals surface area contributed by atoms with Gasteiger partial charge >= 0.3 is 5.97 Å². The highest BCUT2D eigenvalue weighted by Crippen LogP contribution is 2.35. The number of carboxylic acid groups (broad SMARTS) is 1. The van der Waals surface area contributed by atoms with Crippen LogP contribution >= 0.6 is 11.6 Å². The van der Waals surface area contributed by atoms with Gasteiger partial charge in [-0.25, -0.2) is 4.79 Å². The zero-order valence-electron chi connectivity index (χ0n) is 11.3. The maximum absolute atomic E-state index is 11.1. The summed E-state index contributed by atoms with van der Waals surface area (Å²) in [6, 6.07) is 1.29. The van der Waals surface area contributed by atoms with Crippen molar-refractivity contribution in [3.05, 3.63) is 40.1 Å². The van der Waals surface area contributed by atoms with E-state index in [0.717, 1.165) is 0 Å². The molecule has 20 heavy (non-hydrogen) atoms. The van der Waals surface area contributed by atoms with Gasteiger partial charge in [-0.1, -0.05) is 25.4 Å². The molecule has 2 aromatic heterocycles. The second-order valence-electron chi connectivity index (χ2n) is 4.77. The van der Waals surface area contributed by atoms with Crippen LogP contribution in [0.2, 0.25) is 5.15 Å². The molecule has 7 heteroatoms. The average Bonchev–Trinajstić information content (AvgIpc) is 2.95. The number of nitrogens with zero attached hydrogens (tertiary/aromatic N) is 2. The summed E-state index contributed by atoms with van der Waals surface area (Å²) in [6.45, 7) is 3.82. The molecule has 0 amide bonds. The van der Waals surface area contributed by atoms with E-state index in [1.54, 1.807) is 7.05 Å². The predicted molar refractivity (Wildman–Crippen MR) is 72.0 cm³/mol. The fourth-order valence-electron chi connectivity index (χ4n) is 2.06.